The summed E-state index contributed by atoms with van der Waals surface area (Å²) in [7, 11) is 1.83. The van der Waals surface area contributed by atoms with Crippen LogP contribution in [0.5, 0.6) is 5.75 Å². The van der Waals surface area contributed by atoms with Gasteiger partial charge in [-0.25, -0.2) is 14.4 Å². The van der Waals surface area contributed by atoms with E-state index in [1.807, 2.05) is 11.9 Å². The number of rotatable bonds is 5. The molecule has 170 valence electrons. The maximum Gasteiger partial charge on any atom is 0.260 e. The fraction of sp³-hybridized carbons (Fsp3) is 0.478. The van der Waals surface area contributed by atoms with E-state index in [0.717, 1.165) is 36.5 Å². The highest BCUT2D eigenvalue weighted by Crippen LogP contribution is 2.30. The minimum Gasteiger partial charge on any atom is -0.484 e. The number of aromatic nitrogens is 2. The van der Waals surface area contributed by atoms with Gasteiger partial charge in [0.25, 0.3) is 5.91 Å². The van der Waals surface area contributed by atoms with Gasteiger partial charge in [-0.3, -0.25) is 9.59 Å². The van der Waals surface area contributed by atoms with Gasteiger partial charge in [0, 0.05) is 51.2 Å². The van der Waals surface area contributed by atoms with Crippen LogP contribution in [0, 0.1) is 5.82 Å². The van der Waals surface area contributed by atoms with Crippen LogP contribution in [0.15, 0.2) is 24.3 Å². The lowest BCUT2D eigenvalue weighted by molar-refractivity contribution is -0.134. The predicted octanol–water partition coefficient (Wildman–Crippen LogP) is 2.35. The summed E-state index contributed by atoms with van der Waals surface area (Å²) in [6, 6.07) is 5.75. The first kappa shape index (κ1) is 22.0. The number of fused-ring (bicyclic) bond motifs is 1. The van der Waals surface area contributed by atoms with E-state index < -0.39 is 5.82 Å². The van der Waals surface area contributed by atoms with Crippen molar-refractivity contribution in [1.82, 2.24) is 19.8 Å². The van der Waals surface area contributed by atoms with Crippen molar-refractivity contribution >= 4 is 17.6 Å². The predicted molar refractivity (Wildman–Crippen MR) is 117 cm³/mol. The number of halogens is 1. The molecule has 0 spiro atoms. The summed E-state index contributed by atoms with van der Waals surface area (Å²) in [4.78, 5) is 37.7. The molecule has 1 atom stereocenters. The molecule has 1 fully saturated rings. The Morgan fingerprint density at radius 2 is 2.09 bits per heavy atom. The molecule has 9 heteroatoms. The maximum atomic E-state index is 13.3. The summed E-state index contributed by atoms with van der Waals surface area (Å²) in [6.45, 7) is 3.71. The van der Waals surface area contributed by atoms with Crippen molar-refractivity contribution in [1.29, 1.82) is 0 Å². The first-order valence-electron chi connectivity index (χ1n) is 10.9. The zero-order valence-electron chi connectivity index (χ0n) is 18.4. The maximum absolute atomic E-state index is 13.3. The van der Waals surface area contributed by atoms with Crippen LogP contribution in [0.2, 0.25) is 0 Å². The van der Waals surface area contributed by atoms with E-state index in [1.165, 1.54) is 12.1 Å². The summed E-state index contributed by atoms with van der Waals surface area (Å²) in [5.41, 5.74) is 1.84. The molecule has 0 saturated carbocycles. The quantitative estimate of drug-likeness (QED) is 0.767. The molecule has 32 heavy (non-hydrogen) atoms. The van der Waals surface area contributed by atoms with Gasteiger partial charge >= 0.3 is 0 Å². The van der Waals surface area contributed by atoms with E-state index in [2.05, 4.69) is 5.32 Å². The van der Waals surface area contributed by atoms with Gasteiger partial charge in [0.1, 0.15) is 23.2 Å². The lowest BCUT2D eigenvalue weighted by Crippen LogP contribution is -2.40. The Labute approximate surface area is 186 Å². The molecule has 2 aliphatic rings. The van der Waals surface area contributed by atoms with Crippen LogP contribution in [-0.4, -0.2) is 64.9 Å². The third-order valence-corrected chi connectivity index (χ3v) is 6.06. The SMILES string of the molecule is CNc1nc(C2CCCN(C(C)=O)C2)nc2c1CCN(C(=O)COc1cccc(F)c1)C2. The third kappa shape index (κ3) is 4.81. The third-order valence-electron chi connectivity index (χ3n) is 6.06. The smallest absolute Gasteiger partial charge is 0.260 e. The topological polar surface area (TPSA) is 87.7 Å². The van der Waals surface area contributed by atoms with E-state index in [-0.39, 0.29) is 24.3 Å². The van der Waals surface area contributed by atoms with Crippen LogP contribution in [0.1, 0.15) is 42.8 Å². The first-order chi connectivity index (χ1) is 15.4. The number of amides is 2. The number of hydrogen-bond donors (Lipinski definition) is 1. The van der Waals surface area contributed by atoms with Crippen molar-refractivity contribution < 1.29 is 18.7 Å². The number of piperidine rings is 1. The van der Waals surface area contributed by atoms with Crippen molar-refractivity contribution in [2.75, 3.05) is 38.6 Å². The van der Waals surface area contributed by atoms with Gasteiger partial charge < -0.3 is 19.9 Å². The largest absolute Gasteiger partial charge is 0.484 e. The highest BCUT2D eigenvalue weighted by molar-refractivity contribution is 5.78. The Morgan fingerprint density at radius 1 is 1.25 bits per heavy atom. The molecule has 1 N–H and O–H groups in total. The van der Waals surface area contributed by atoms with E-state index in [1.54, 1.807) is 24.0 Å². The highest BCUT2D eigenvalue weighted by atomic mass is 19.1. The van der Waals surface area contributed by atoms with Crippen molar-refractivity contribution in [3.8, 4) is 5.75 Å². The van der Waals surface area contributed by atoms with Gasteiger partial charge in [-0.1, -0.05) is 6.07 Å². The molecule has 0 bridgehead atoms. The molecule has 8 nitrogen and oxygen atoms in total. The van der Waals surface area contributed by atoms with Gasteiger partial charge in [0.05, 0.1) is 12.2 Å². The van der Waals surface area contributed by atoms with E-state index in [4.69, 9.17) is 14.7 Å². The number of likely N-dealkylation sites (tertiary alicyclic amines) is 1. The molecule has 0 radical (unpaired) electrons. The van der Waals surface area contributed by atoms with Crippen LogP contribution in [-0.2, 0) is 22.6 Å². The first-order valence-corrected chi connectivity index (χ1v) is 10.9. The van der Waals surface area contributed by atoms with Crippen LogP contribution in [0.25, 0.3) is 0 Å². The van der Waals surface area contributed by atoms with Crippen LogP contribution < -0.4 is 10.1 Å². The summed E-state index contributed by atoms with van der Waals surface area (Å²) < 4.78 is 18.8. The Kier molecular flexibility index (Phi) is 6.53. The molecule has 2 aromatic rings. The summed E-state index contributed by atoms with van der Waals surface area (Å²) >= 11 is 0. The number of carbonyl (C=O) groups excluding carboxylic acids is 2. The van der Waals surface area contributed by atoms with Gasteiger partial charge in [-0.15, -0.1) is 0 Å². The van der Waals surface area contributed by atoms with Gasteiger partial charge in [-0.05, 0) is 31.4 Å². The molecule has 4 rings (SSSR count). The van der Waals surface area contributed by atoms with Crippen LogP contribution in [0.4, 0.5) is 10.2 Å². The average Bonchev–Trinajstić information content (AvgIpc) is 2.81. The van der Waals surface area contributed by atoms with Gasteiger partial charge in [0.15, 0.2) is 6.61 Å². The molecule has 1 unspecified atom stereocenters. The number of nitrogens with zero attached hydrogens (tertiary/aromatic N) is 4. The zero-order chi connectivity index (χ0) is 22.7. The van der Waals surface area contributed by atoms with Crippen molar-refractivity contribution in [2.45, 2.75) is 38.6 Å². The summed E-state index contributed by atoms with van der Waals surface area (Å²) in [6.07, 6.45) is 2.49. The summed E-state index contributed by atoms with van der Waals surface area (Å²) in [5.74, 6) is 1.38. The van der Waals surface area contributed by atoms with E-state index >= 15 is 0 Å². The van der Waals surface area contributed by atoms with Crippen molar-refractivity contribution in [3.63, 3.8) is 0 Å². The Bertz CT molecular complexity index is 1020. The standard InChI is InChI=1S/C23H28FN5O3/c1-15(30)28-9-4-5-16(12-28)22-26-20-13-29(10-8-19(20)23(25-2)27-22)21(31)14-32-18-7-3-6-17(24)11-18/h3,6-7,11,16H,4-5,8-10,12-14H2,1-2H3,(H,25,26,27). The van der Waals surface area contributed by atoms with Crippen LogP contribution in [0.3, 0.4) is 0 Å². The minimum atomic E-state index is -0.406. The Hall–Kier alpha value is -3.23. The zero-order valence-corrected chi connectivity index (χ0v) is 18.4. The number of anilines is 1. The van der Waals surface area contributed by atoms with Crippen LogP contribution >= 0.6 is 0 Å². The highest BCUT2D eigenvalue weighted by Gasteiger charge is 2.29. The molecule has 1 aromatic carbocycles. The molecule has 2 aliphatic heterocycles. The molecular weight excluding hydrogens is 413 g/mol. The fourth-order valence-electron chi connectivity index (χ4n) is 4.32. The van der Waals surface area contributed by atoms with E-state index in [9.17, 15) is 14.0 Å². The van der Waals surface area contributed by atoms with Crippen molar-refractivity contribution in [2.24, 2.45) is 0 Å². The number of nitrogens with one attached hydrogen (secondary N) is 1. The normalized spacial score (nSPS) is 18.2. The molecule has 3 heterocycles. The molecular formula is C23H28FN5O3. The number of ether oxygens (including phenoxy) is 1. The number of benzene rings is 1. The second-order valence-corrected chi connectivity index (χ2v) is 8.22. The molecule has 1 saturated heterocycles. The lowest BCUT2D eigenvalue weighted by atomic mass is 9.96. The summed E-state index contributed by atoms with van der Waals surface area (Å²) in [5, 5.41) is 3.17. The molecule has 1 aromatic heterocycles. The monoisotopic (exact) mass is 441 g/mol. The minimum absolute atomic E-state index is 0.0663. The Morgan fingerprint density at radius 3 is 2.84 bits per heavy atom. The molecule has 2 amide bonds. The molecule has 0 aliphatic carbocycles. The second kappa shape index (κ2) is 9.50. The lowest BCUT2D eigenvalue weighted by Gasteiger charge is -2.33. The van der Waals surface area contributed by atoms with Crippen molar-refractivity contribution in [3.05, 3.63) is 47.2 Å². The number of carbonyl (C=O) groups is 2. The average molecular weight is 442 g/mol. The van der Waals surface area contributed by atoms with Gasteiger partial charge in [-0.2, -0.15) is 0 Å². The Balaban J connectivity index is 1.48. The number of hydrogen-bond acceptors (Lipinski definition) is 6. The second-order valence-electron chi connectivity index (χ2n) is 8.22. The van der Waals surface area contributed by atoms with Gasteiger partial charge in [0.2, 0.25) is 5.91 Å². The fourth-order valence-corrected chi connectivity index (χ4v) is 4.32. The van der Waals surface area contributed by atoms with E-state index in [0.29, 0.717) is 37.6 Å².